The van der Waals surface area contributed by atoms with Crippen molar-refractivity contribution < 1.29 is 19.2 Å². The van der Waals surface area contributed by atoms with Gasteiger partial charge in [0, 0.05) is 19.9 Å². The van der Waals surface area contributed by atoms with Gasteiger partial charge in [0.05, 0.1) is 10.5 Å². The molecule has 0 aromatic rings. The molecule has 0 spiro atoms. The summed E-state index contributed by atoms with van der Waals surface area (Å²) in [4.78, 5) is 44.2. The number of carbonyl (C=O) groups excluding carboxylic acids is 4. The number of imide groups is 2. The molecule has 0 aromatic heterocycles. The van der Waals surface area contributed by atoms with Crippen LogP contribution in [0.1, 0.15) is 12.8 Å². The fourth-order valence-electron chi connectivity index (χ4n) is 1.63. The summed E-state index contributed by atoms with van der Waals surface area (Å²) in [5, 5.41) is 1.95. The van der Waals surface area contributed by atoms with Crippen molar-refractivity contribution in [1.29, 1.82) is 0 Å². The molecule has 0 aliphatic carbocycles. The number of nitrogens with one attached hydrogen (secondary N) is 1. The van der Waals surface area contributed by atoms with E-state index in [1.54, 1.807) is 0 Å². The predicted octanol–water partition coefficient (Wildman–Crippen LogP) is -0.129. The van der Waals surface area contributed by atoms with E-state index in [2.05, 4.69) is 5.32 Å². The molecule has 2 aliphatic heterocycles. The van der Waals surface area contributed by atoms with Crippen molar-refractivity contribution >= 4 is 47.2 Å². The number of hydrogen-bond donors (Lipinski definition) is 1. The van der Waals surface area contributed by atoms with Crippen LogP contribution in [0.4, 0.5) is 0 Å². The van der Waals surface area contributed by atoms with E-state index in [-0.39, 0.29) is 34.1 Å². The molecule has 2 fully saturated rings. The van der Waals surface area contributed by atoms with E-state index in [0.29, 0.717) is 12.8 Å². The highest BCUT2D eigenvalue weighted by molar-refractivity contribution is 8.00. The molecular formula is C11H16N2O4S2. The SMILES string of the molecule is CSC1CC(=O)N(C)C1=O.CSC1CC(=O)NC1=O. The molecule has 2 atom stereocenters. The van der Waals surface area contributed by atoms with Gasteiger partial charge in [0.2, 0.25) is 23.6 Å². The maximum absolute atomic E-state index is 11.0. The molecular weight excluding hydrogens is 288 g/mol. The Morgan fingerprint density at radius 2 is 1.63 bits per heavy atom. The molecule has 0 aromatic carbocycles. The number of thioether (sulfide) groups is 2. The first-order chi connectivity index (χ1) is 8.90. The van der Waals surface area contributed by atoms with Crippen LogP contribution in [-0.4, -0.2) is 58.6 Å². The number of hydrogen-bond acceptors (Lipinski definition) is 6. The maximum atomic E-state index is 11.0. The van der Waals surface area contributed by atoms with E-state index in [1.165, 1.54) is 35.5 Å². The van der Waals surface area contributed by atoms with Crippen LogP contribution < -0.4 is 5.32 Å². The topological polar surface area (TPSA) is 83.6 Å². The predicted molar refractivity (Wildman–Crippen MR) is 74.8 cm³/mol. The average molecular weight is 304 g/mol. The van der Waals surface area contributed by atoms with Gasteiger partial charge in [0.15, 0.2) is 0 Å². The molecule has 6 nitrogen and oxygen atoms in total. The highest BCUT2D eigenvalue weighted by atomic mass is 32.2. The zero-order valence-electron chi connectivity index (χ0n) is 11.0. The maximum Gasteiger partial charge on any atom is 0.242 e. The summed E-state index contributed by atoms with van der Waals surface area (Å²) >= 11 is 2.85. The molecule has 2 aliphatic rings. The zero-order chi connectivity index (χ0) is 14.6. The third-order valence-corrected chi connectivity index (χ3v) is 4.72. The minimum Gasteiger partial charge on any atom is -0.295 e. The van der Waals surface area contributed by atoms with E-state index in [0.717, 1.165) is 0 Å². The van der Waals surface area contributed by atoms with Gasteiger partial charge in [0.25, 0.3) is 0 Å². The Hall–Kier alpha value is -1.02. The minimum absolute atomic E-state index is 0.0579. The molecule has 4 amide bonds. The van der Waals surface area contributed by atoms with Crippen molar-refractivity contribution in [3.8, 4) is 0 Å². The number of rotatable bonds is 2. The summed E-state index contributed by atoms with van der Waals surface area (Å²) in [6, 6.07) is 0. The summed E-state index contributed by atoms with van der Waals surface area (Å²) in [5.74, 6) is -0.422. The van der Waals surface area contributed by atoms with Gasteiger partial charge in [-0.1, -0.05) is 0 Å². The fourth-order valence-corrected chi connectivity index (χ4v) is 2.89. The summed E-state index contributed by atoms with van der Waals surface area (Å²) in [6.07, 6.45) is 4.38. The number of amides is 4. The second-order valence-electron chi connectivity index (χ2n) is 4.06. The van der Waals surface area contributed by atoms with Gasteiger partial charge in [-0.05, 0) is 12.5 Å². The van der Waals surface area contributed by atoms with Crippen molar-refractivity contribution in [2.75, 3.05) is 19.6 Å². The summed E-state index contributed by atoms with van der Waals surface area (Å²) in [7, 11) is 1.53. The Morgan fingerprint density at radius 3 is 1.84 bits per heavy atom. The Kier molecular flexibility index (Phi) is 5.86. The molecule has 0 saturated carbocycles. The molecule has 19 heavy (non-hydrogen) atoms. The van der Waals surface area contributed by atoms with Gasteiger partial charge in [0.1, 0.15) is 0 Å². The van der Waals surface area contributed by atoms with Gasteiger partial charge in [-0.3, -0.25) is 29.4 Å². The van der Waals surface area contributed by atoms with E-state index in [4.69, 9.17) is 0 Å². The molecule has 0 radical (unpaired) electrons. The lowest BCUT2D eigenvalue weighted by molar-refractivity contribution is -0.136. The normalized spacial score (nSPS) is 26.4. The Bertz CT molecular complexity index is 413. The van der Waals surface area contributed by atoms with Crippen molar-refractivity contribution in [2.45, 2.75) is 23.3 Å². The Labute approximate surface area is 120 Å². The van der Waals surface area contributed by atoms with E-state index >= 15 is 0 Å². The molecule has 2 saturated heterocycles. The second-order valence-corrected chi connectivity index (χ2v) is 6.14. The quantitative estimate of drug-likeness (QED) is 0.716. The van der Waals surface area contributed by atoms with Crippen LogP contribution in [0.5, 0.6) is 0 Å². The third kappa shape index (κ3) is 3.97. The van der Waals surface area contributed by atoms with Crippen LogP contribution in [0, 0.1) is 0 Å². The van der Waals surface area contributed by atoms with Gasteiger partial charge in [-0.25, -0.2) is 0 Å². The first-order valence-electron chi connectivity index (χ1n) is 5.60. The average Bonchev–Trinajstić information content (AvgIpc) is 2.83. The van der Waals surface area contributed by atoms with Crippen LogP contribution in [-0.2, 0) is 19.2 Å². The third-order valence-electron chi connectivity index (χ3n) is 2.84. The van der Waals surface area contributed by atoms with Crippen LogP contribution in [0.2, 0.25) is 0 Å². The lowest BCUT2D eigenvalue weighted by Gasteiger charge is -2.04. The van der Waals surface area contributed by atoms with Gasteiger partial charge in [-0.2, -0.15) is 23.5 Å². The lowest BCUT2D eigenvalue weighted by atomic mass is 10.4. The van der Waals surface area contributed by atoms with Crippen molar-refractivity contribution in [3.63, 3.8) is 0 Å². The first kappa shape index (κ1) is 16.0. The molecule has 2 rings (SSSR count). The number of nitrogens with zero attached hydrogens (tertiary/aromatic N) is 1. The van der Waals surface area contributed by atoms with Crippen LogP contribution in [0.15, 0.2) is 0 Å². The molecule has 106 valence electrons. The summed E-state index contributed by atoms with van der Waals surface area (Å²) in [6.45, 7) is 0. The van der Waals surface area contributed by atoms with Gasteiger partial charge in [-0.15, -0.1) is 0 Å². The van der Waals surface area contributed by atoms with Crippen molar-refractivity contribution in [1.82, 2.24) is 10.2 Å². The molecule has 0 bridgehead atoms. The Morgan fingerprint density at radius 1 is 1.05 bits per heavy atom. The standard InChI is InChI=1S/C6H9NO2S.C5H7NO2S/c1-7-5(8)3-4(10-2)6(7)9;1-9-3-2-4(7)6-5(3)8/h4H,3H2,1-2H3;3H,2H2,1H3,(H,6,7,8). The van der Waals surface area contributed by atoms with Crippen LogP contribution >= 0.6 is 23.5 Å². The zero-order valence-corrected chi connectivity index (χ0v) is 12.6. The van der Waals surface area contributed by atoms with Gasteiger partial charge >= 0.3 is 0 Å². The van der Waals surface area contributed by atoms with Crippen LogP contribution in [0.25, 0.3) is 0 Å². The second kappa shape index (κ2) is 6.95. The molecule has 1 N–H and O–H groups in total. The highest BCUT2D eigenvalue weighted by Gasteiger charge is 2.35. The monoisotopic (exact) mass is 304 g/mol. The number of likely N-dealkylation sites (tertiary alicyclic amines) is 1. The summed E-state index contributed by atoms with van der Waals surface area (Å²) in [5.41, 5.74) is 0. The smallest absolute Gasteiger partial charge is 0.242 e. The van der Waals surface area contributed by atoms with E-state index < -0.39 is 0 Å². The van der Waals surface area contributed by atoms with E-state index in [9.17, 15) is 19.2 Å². The van der Waals surface area contributed by atoms with Crippen molar-refractivity contribution in [3.05, 3.63) is 0 Å². The minimum atomic E-state index is -0.153. The molecule has 2 unspecified atom stereocenters. The highest BCUT2D eigenvalue weighted by Crippen LogP contribution is 2.21. The van der Waals surface area contributed by atoms with Crippen molar-refractivity contribution in [2.24, 2.45) is 0 Å². The number of carbonyl (C=O) groups is 4. The Balaban J connectivity index is 0.000000191. The van der Waals surface area contributed by atoms with E-state index in [1.807, 2.05) is 12.5 Å². The van der Waals surface area contributed by atoms with Crippen LogP contribution in [0.3, 0.4) is 0 Å². The summed E-state index contributed by atoms with van der Waals surface area (Å²) < 4.78 is 0. The first-order valence-corrected chi connectivity index (χ1v) is 8.18. The van der Waals surface area contributed by atoms with Gasteiger partial charge < -0.3 is 0 Å². The largest absolute Gasteiger partial charge is 0.295 e. The molecule has 2 heterocycles. The molecule has 8 heteroatoms. The lowest BCUT2D eigenvalue weighted by Crippen LogP contribution is -2.26. The fraction of sp³-hybridized carbons (Fsp3) is 0.636.